The summed E-state index contributed by atoms with van der Waals surface area (Å²) in [7, 11) is 0. The summed E-state index contributed by atoms with van der Waals surface area (Å²) in [4.78, 5) is 0. The first-order valence-electron chi connectivity index (χ1n) is 7.25. The van der Waals surface area contributed by atoms with Gasteiger partial charge in [0.1, 0.15) is 11.8 Å². The highest BCUT2D eigenvalue weighted by atomic mass is 15.4. The lowest BCUT2D eigenvalue weighted by atomic mass is 10.1. The zero-order chi connectivity index (χ0) is 14.2. The van der Waals surface area contributed by atoms with Crippen LogP contribution in [0.4, 0.5) is 0 Å². The van der Waals surface area contributed by atoms with Gasteiger partial charge in [-0.3, -0.25) is 0 Å². The first-order valence-corrected chi connectivity index (χ1v) is 7.25. The van der Waals surface area contributed by atoms with Crippen LogP contribution in [0.25, 0.3) is 11.3 Å². The monoisotopic (exact) mass is 268 g/mol. The van der Waals surface area contributed by atoms with E-state index in [1.54, 1.807) is 0 Å². The quantitative estimate of drug-likeness (QED) is 0.718. The van der Waals surface area contributed by atoms with Crippen LogP contribution in [-0.2, 0) is 6.54 Å². The van der Waals surface area contributed by atoms with Crippen LogP contribution in [-0.4, -0.2) is 15.0 Å². The summed E-state index contributed by atoms with van der Waals surface area (Å²) in [5.41, 5.74) is 2.25. The van der Waals surface area contributed by atoms with Crippen molar-refractivity contribution >= 4 is 0 Å². The largest absolute Gasteiger partial charge is 0.243 e. The third-order valence-corrected chi connectivity index (χ3v) is 3.36. The number of aryl methyl sites for hydroxylation is 1. The number of nitriles is 1. The van der Waals surface area contributed by atoms with Gasteiger partial charge in [-0.25, -0.2) is 4.68 Å². The van der Waals surface area contributed by atoms with Crippen molar-refractivity contribution in [3.63, 3.8) is 0 Å². The van der Waals surface area contributed by atoms with E-state index in [0.29, 0.717) is 5.69 Å². The van der Waals surface area contributed by atoms with Crippen molar-refractivity contribution in [1.29, 1.82) is 5.26 Å². The normalized spacial score (nSPS) is 10.4. The van der Waals surface area contributed by atoms with Crippen molar-refractivity contribution in [2.24, 2.45) is 0 Å². The summed E-state index contributed by atoms with van der Waals surface area (Å²) < 4.78 is 1.86. The van der Waals surface area contributed by atoms with E-state index in [4.69, 9.17) is 5.26 Å². The van der Waals surface area contributed by atoms with E-state index < -0.39 is 0 Å². The molecule has 0 aliphatic carbocycles. The maximum Gasteiger partial charge on any atom is 0.190 e. The minimum absolute atomic E-state index is 0.407. The summed E-state index contributed by atoms with van der Waals surface area (Å²) in [6, 6.07) is 12.0. The topological polar surface area (TPSA) is 54.5 Å². The van der Waals surface area contributed by atoms with Gasteiger partial charge in [0.2, 0.25) is 0 Å². The van der Waals surface area contributed by atoms with Gasteiger partial charge < -0.3 is 0 Å². The molecule has 0 spiro atoms. The Kier molecular flexibility index (Phi) is 5.31. The molecule has 4 nitrogen and oxygen atoms in total. The molecule has 4 heteroatoms. The van der Waals surface area contributed by atoms with E-state index in [9.17, 15) is 0 Å². The predicted octanol–water partition coefficient (Wildman–Crippen LogP) is 3.79. The molecule has 1 aromatic carbocycles. The van der Waals surface area contributed by atoms with Crippen LogP contribution >= 0.6 is 0 Å². The van der Waals surface area contributed by atoms with Crippen molar-refractivity contribution in [1.82, 2.24) is 15.0 Å². The number of rotatable bonds is 7. The average molecular weight is 268 g/mol. The molecule has 0 saturated heterocycles. The van der Waals surface area contributed by atoms with E-state index in [1.165, 1.54) is 25.7 Å². The Bertz CT molecular complexity index is 566. The average Bonchev–Trinajstić information content (AvgIpc) is 2.91. The van der Waals surface area contributed by atoms with Crippen LogP contribution in [0.5, 0.6) is 0 Å². The molecule has 0 unspecified atom stereocenters. The number of benzene rings is 1. The first kappa shape index (κ1) is 14.3. The maximum absolute atomic E-state index is 9.17. The van der Waals surface area contributed by atoms with Crippen LogP contribution in [0.15, 0.2) is 30.3 Å². The number of hydrogen-bond acceptors (Lipinski definition) is 3. The highest BCUT2D eigenvalue weighted by Crippen LogP contribution is 2.22. The smallest absolute Gasteiger partial charge is 0.190 e. The van der Waals surface area contributed by atoms with Gasteiger partial charge in [-0.1, -0.05) is 68.2 Å². The summed E-state index contributed by atoms with van der Waals surface area (Å²) in [6.07, 6.45) is 6.07. The Morgan fingerprint density at radius 1 is 1.10 bits per heavy atom. The van der Waals surface area contributed by atoms with Gasteiger partial charge in [-0.2, -0.15) is 5.26 Å². The lowest BCUT2D eigenvalue weighted by Gasteiger charge is -2.06. The zero-order valence-corrected chi connectivity index (χ0v) is 11.9. The van der Waals surface area contributed by atoms with Gasteiger partial charge >= 0.3 is 0 Å². The first-order chi connectivity index (χ1) is 9.86. The van der Waals surface area contributed by atoms with Crippen LogP contribution in [0.2, 0.25) is 0 Å². The molecule has 0 aliphatic heterocycles. The minimum Gasteiger partial charge on any atom is -0.243 e. The van der Waals surface area contributed by atoms with Crippen molar-refractivity contribution in [2.45, 2.75) is 45.6 Å². The molecular weight excluding hydrogens is 248 g/mol. The van der Waals surface area contributed by atoms with Gasteiger partial charge in [-0.05, 0) is 6.42 Å². The molecule has 1 aromatic heterocycles. The van der Waals surface area contributed by atoms with E-state index >= 15 is 0 Å². The molecule has 0 amide bonds. The number of nitrogens with zero attached hydrogens (tertiary/aromatic N) is 4. The van der Waals surface area contributed by atoms with Crippen LogP contribution in [0.3, 0.4) is 0 Å². The molecule has 0 atom stereocenters. The molecule has 2 aromatic rings. The Morgan fingerprint density at radius 3 is 2.55 bits per heavy atom. The van der Waals surface area contributed by atoms with Crippen LogP contribution in [0.1, 0.15) is 44.7 Å². The third kappa shape index (κ3) is 3.45. The highest BCUT2D eigenvalue weighted by Gasteiger charge is 2.13. The molecule has 1 heterocycles. The Balaban J connectivity index is 2.10. The lowest BCUT2D eigenvalue weighted by molar-refractivity contribution is 0.524. The molecule has 0 aliphatic rings. The fourth-order valence-electron chi connectivity index (χ4n) is 2.29. The zero-order valence-electron chi connectivity index (χ0n) is 11.9. The van der Waals surface area contributed by atoms with Crippen LogP contribution < -0.4 is 0 Å². The Hall–Kier alpha value is -2.15. The lowest BCUT2D eigenvalue weighted by Crippen LogP contribution is -2.03. The van der Waals surface area contributed by atoms with Gasteiger partial charge in [0.15, 0.2) is 5.69 Å². The SMILES string of the molecule is CCCCCCCn1nnc(C#N)c1-c1ccccc1. The Labute approximate surface area is 120 Å². The maximum atomic E-state index is 9.17. The van der Waals surface area contributed by atoms with Gasteiger partial charge in [-0.15, -0.1) is 5.10 Å². The van der Waals surface area contributed by atoms with Gasteiger partial charge in [0.25, 0.3) is 0 Å². The van der Waals surface area contributed by atoms with Crippen molar-refractivity contribution < 1.29 is 0 Å². The number of hydrogen-bond donors (Lipinski definition) is 0. The molecule has 0 saturated carbocycles. The fourth-order valence-corrected chi connectivity index (χ4v) is 2.29. The van der Waals surface area contributed by atoms with E-state index in [0.717, 1.165) is 24.2 Å². The molecule has 0 N–H and O–H groups in total. The third-order valence-electron chi connectivity index (χ3n) is 3.36. The highest BCUT2D eigenvalue weighted by molar-refractivity contribution is 5.64. The van der Waals surface area contributed by atoms with Crippen molar-refractivity contribution in [3.8, 4) is 17.3 Å². The summed E-state index contributed by atoms with van der Waals surface area (Å²) in [5, 5.41) is 17.3. The molecule has 20 heavy (non-hydrogen) atoms. The molecule has 2 rings (SSSR count). The second-order valence-corrected chi connectivity index (χ2v) is 4.90. The second kappa shape index (κ2) is 7.44. The Morgan fingerprint density at radius 2 is 1.85 bits per heavy atom. The number of unbranched alkanes of at least 4 members (excludes halogenated alkanes) is 4. The van der Waals surface area contributed by atoms with Gasteiger partial charge in [0.05, 0.1) is 0 Å². The van der Waals surface area contributed by atoms with E-state index in [1.807, 2.05) is 35.0 Å². The standard InChI is InChI=1S/C16H20N4/c1-2-3-4-5-9-12-20-16(15(13-17)18-19-20)14-10-7-6-8-11-14/h6-8,10-11H,2-5,9,12H2,1H3. The molecule has 0 bridgehead atoms. The minimum atomic E-state index is 0.407. The van der Waals surface area contributed by atoms with E-state index in [2.05, 4.69) is 23.3 Å². The fraction of sp³-hybridized carbons (Fsp3) is 0.438. The van der Waals surface area contributed by atoms with Gasteiger partial charge in [0, 0.05) is 12.1 Å². The molecule has 0 radical (unpaired) electrons. The van der Waals surface area contributed by atoms with Crippen LogP contribution in [0, 0.1) is 11.3 Å². The predicted molar refractivity (Wildman–Crippen MR) is 78.9 cm³/mol. The number of aromatic nitrogens is 3. The summed E-state index contributed by atoms with van der Waals surface area (Å²) in [5.74, 6) is 0. The molecule has 0 fully saturated rings. The molecular formula is C16H20N4. The summed E-state index contributed by atoms with van der Waals surface area (Å²) in [6.45, 7) is 3.03. The molecule has 104 valence electrons. The van der Waals surface area contributed by atoms with Crippen molar-refractivity contribution in [2.75, 3.05) is 0 Å². The second-order valence-electron chi connectivity index (χ2n) is 4.90. The van der Waals surface area contributed by atoms with E-state index in [-0.39, 0.29) is 0 Å². The van der Waals surface area contributed by atoms with Crippen molar-refractivity contribution in [3.05, 3.63) is 36.0 Å². The summed E-state index contributed by atoms with van der Waals surface area (Å²) >= 11 is 0.